The van der Waals surface area contributed by atoms with Crippen molar-refractivity contribution in [2.75, 3.05) is 7.11 Å². The number of methoxy groups -OCH3 is 1. The highest BCUT2D eigenvalue weighted by Crippen LogP contribution is 2.21. The SMILES string of the molecule is COC(=O)OC(Br)C(Br)Br. The first-order chi connectivity index (χ1) is 4.57. The predicted octanol–water partition coefficient (Wildman–Crippen LogP) is 2.61. The van der Waals surface area contributed by atoms with Crippen molar-refractivity contribution in [3.8, 4) is 0 Å². The molecule has 0 saturated carbocycles. The number of hydrogen-bond donors (Lipinski definition) is 0. The minimum absolute atomic E-state index is 0.126. The molecule has 0 aromatic heterocycles. The number of carbonyl (C=O) groups is 1. The molecule has 0 spiro atoms. The monoisotopic (exact) mass is 338 g/mol. The Bertz CT molecular complexity index is 116. The van der Waals surface area contributed by atoms with Gasteiger partial charge in [0.15, 0.2) is 5.01 Å². The fourth-order valence-corrected chi connectivity index (χ4v) is 0.560. The molecule has 0 heterocycles. The molecule has 0 rings (SSSR count). The average Bonchev–Trinajstić information content (AvgIpc) is 1.87. The van der Waals surface area contributed by atoms with Crippen LogP contribution in [0.15, 0.2) is 0 Å². The van der Waals surface area contributed by atoms with Gasteiger partial charge in [0.25, 0.3) is 0 Å². The van der Waals surface area contributed by atoms with Crippen LogP contribution in [0.5, 0.6) is 0 Å². The Labute approximate surface area is 83.8 Å². The summed E-state index contributed by atoms with van der Waals surface area (Å²) in [7, 11) is 1.25. The van der Waals surface area contributed by atoms with E-state index in [1.54, 1.807) is 0 Å². The minimum atomic E-state index is -0.717. The predicted molar refractivity (Wildman–Crippen MR) is 47.8 cm³/mol. The lowest BCUT2D eigenvalue weighted by Crippen LogP contribution is -2.17. The molecule has 0 aliphatic carbocycles. The largest absolute Gasteiger partial charge is 0.509 e. The van der Waals surface area contributed by atoms with Gasteiger partial charge in [-0.1, -0.05) is 31.9 Å². The molecule has 0 aliphatic heterocycles. The summed E-state index contributed by atoms with van der Waals surface area (Å²) in [6, 6.07) is 0. The molecule has 0 radical (unpaired) electrons. The van der Waals surface area contributed by atoms with Crippen LogP contribution in [0.1, 0.15) is 0 Å². The van der Waals surface area contributed by atoms with E-state index in [4.69, 9.17) is 0 Å². The van der Waals surface area contributed by atoms with E-state index >= 15 is 0 Å². The number of alkyl halides is 3. The van der Waals surface area contributed by atoms with Crippen LogP contribution in [0.25, 0.3) is 0 Å². The van der Waals surface area contributed by atoms with Crippen LogP contribution in [0.2, 0.25) is 0 Å². The van der Waals surface area contributed by atoms with Gasteiger partial charge in [-0.15, -0.1) is 0 Å². The van der Waals surface area contributed by atoms with Crippen molar-refractivity contribution >= 4 is 53.9 Å². The zero-order valence-corrected chi connectivity index (χ0v) is 9.77. The quantitative estimate of drug-likeness (QED) is 0.572. The summed E-state index contributed by atoms with van der Waals surface area (Å²) in [5, 5.41) is -0.431. The third-order valence-electron chi connectivity index (χ3n) is 0.574. The molecule has 6 heteroatoms. The van der Waals surface area contributed by atoms with E-state index in [1.165, 1.54) is 7.11 Å². The maximum Gasteiger partial charge on any atom is 0.509 e. The Morgan fingerprint density at radius 1 is 1.40 bits per heavy atom. The molecule has 10 heavy (non-hydrogen) atoms. The maximum absolute atomic E-state index is 10.4. The summed E-state index contributed by atoms with van der Waals surface area (Å²) in [6.07, 6.45) is -0.717. The molecule has 0 aromatic rings. The number of halogens is 3. The lowest BCUT2D eigenvalue weighted by molar-refractivity contribution is 0.0701. The van der Waals surface area contributed by atoms with E-state index in [2.05, 4.69) is 57.3 Å². The molecule has 60 valence electrons. The maximum atomic E-state index is 10.4. The molecule has 1 unspecified atom stereocenters. The minimum Gasteiger partial charge on any atom is -0.438 e. The van der Waals surface area contributed by atoms with Crippen LogP contribution in [0.3, 0.4) is 0 Å². The van der Waals surface area contributed by atoms with Crippen LogP contribution in [0, 0.1) is 0 Å². The molecule has 1 atom stereocenters. The summed E-state index contributed by atoms with van der Waals surface area (Å²) in [5.74, 6) is 0. The Hall–Kier alpha value is 0.710. The van der Waals surface area contributed by atoms with Crippen molar-refractivity contribution in [1.82, 2.24) is 0 Å². The normalized spacial score (nSPS) is 12.9. The molecule has 0 N–H and O–H groups in total. The van der Waals surface area contributed by atoms with E-state index in [1.807, 2.05) is 0 Å². The third kappa shape index (κ3) is 4.51. The lowest BCUT2D eigenvalue weighted by atomic mass is 10.9. The second-order valence-corrected chi connectivity index (χ2v) is 5.36. The van der Waals surface area contributed by atoms with Crippen molar-refractivity contribution in [3.63, 3.8) is 0 Å². The average molecular weight is 341 g/mol. The van der Waals surface area contributed by atoms with Crippen LogP contribution in [-0.2, 0) is 9.47 Å². The summed E-state index contributed by atoms with van der Waals surface area (Å²) in [4.78, 5) is 10.4. The topological polar surface area (TPSA) is 35.5 Å². The van der Waals surface area contributed by atoms with Gasteiger partial charge in [-0.3, -0.25) is 0 Å². The van der Waals surface area contributed by atoms with Crippen molar-refractivity contribution in [3.05, 3.63) is 0 Å². The van der Waals surface area contributed by atoms with Crippen molar-refractivity contribution in [1.29, 1.82) is 0 Å². The van der Waals surface area contributed by atoms with Gasteiger partial charge >= 0.3 is 6.16 Å². The number of hydrogen-bond acceptors (Lipinski definition) is 3. The van der Waals surface area contributed by atoms with Gasteiger partial charge in [0.1, 0.15) is 3.74 Å². The van der Waals surface area contributed by atoms with Gasteiger partial charge in [0, 0.05) is 0 Å². The lowest BCUT2D eigenvalue weighted by Gasteiger charge is -2.10. The van der Waals surface area contributed by atoms with Crippen LogP contribution < -0.4 is 0 Å². The molecule has 0 saturated heterocycles. The zero-order chi connectivity index (χ0) is 8.15. The molecule has 0 bridgehead atoms. The summed E-state index contributed by atoms with van der Waals surface area (Å²) in [6.45, 7) is 0. The van der Waals surface area contributed by atoms with Crippen molar-refractivity contribution in [2.45, 2.75) is 8.75 Å². The van der Waals surface area contributed by atoms with Crippen LogP contribution in [0.4, 0.5) is 4.79 Å². The Morgan fingerprint density at radius 3 is 2.20 bits per heavy atom. The molecular formula is C4H5Br3O3. The van der Waals surface area contributed by atoms with E-state index in [9.17, 15) is 4.79 Å². The first-order valence-corrected chi connectivity index (χ1v) is 4.99. The standard InChI is InChI=1S/C4H5Br3O3/c1-9-4(8)10-3(7)2(5)6/h2-3H,1H3. The fourth-order valence-electron chi connectivity index (χ4n) is 0.191. The number of ether oxygens (including phenoxy) is 2. The number of rotatable bonds is 2. The van der Waals surface area contributed by atoms with E-state index < -0.39 is 11.2 Å². The van der Waals surface area contributed by atoms with Gasteiger partial charge in [-0.05, 0) is 15.9 Å². The Morgan fingerprint density at radius 2 is 1.90 bits per heavy atom. The second kappa shape index (κ2) is 5.37. The van der Waals surface area contributed by atoms with Gasteiger partial charge in [0.05, 0.1) is 7.11 Å². The number of carbonyl (C=O) groups excluding carboxylic acids is 1. The Balaban J connectivity index is 3.57. The summed E-state index contributed by atoms with van der Waals surface area (Å²) < 4.78 is 8.74. The molecule has 0 aliphatic rings. The summed E-state index contributed by atoms with van der Waals surface area (Å²) in [5.41, 5.74) is 0. The third-order valence-corrected chi connectivity index (χ3v) is 3.67. The fraction of sp³-hybridized carbons (Fsp3) is 0.750. The van der Waals surface area contributed by atoms with Gasteiger partial charge in [0.2, 0.25) is 0 Å². The van der Waals surface area contributed by atoms with Gasteiger partial charge in [-0.25, -0.2) is 4.79 Å². The highest BCUT2D eigenvalue weighted by atomic mass is 79.9. The molecule has 0 amide bonds. The van der Waals surface area contributed by atoms with Crippen LogP contribution in [-0.4, -0.2) is 22.0 Å². The smallest absolute Gasteiger partial charge is 0.438 e. The van der Waals surface area contributed by atoms with Crippen molar-refractivity contribution in [2.24, 2.45) is 0 Å². The van der Waals surface area contributed by atoms with Gasteiger partial charge < -0.3 is 9.47 Å². The zero-order valence-electron chi connectivity index (χ0n) is 5.01. The highest BCUT2D eigenvalue weighted by molar-refractivity contribution is 9.25. The first-order valence-electron chi connectivity index (χ1n) is 2.24. The first kappa shape index (κ1) is 10.7. The second-order valence-electron chi connectivity index (χ2n) is 1.26. The summed E-state index contributed by atoms with van der Waals surface area (Å²) >= 11 is 9.34. The highest BCUT2D eigenvalue weighted by Gasteiger charge is 2.16. The molecular weight excluding hydrogens is 336 g/mol. The van der Waals surface area contributed by atoms with Crippen molar-refractivity contribution < 1.29 is 14.3 Å². The van der Waals surface area contributed by atoms with Gasteiger partial charge in [-0.2, -0.15) is 0 Å². The molecule has 3 nitrogen and oxygen atoms in total. The molecule has 0 fully saturated rings. The van der Waals surface area contributed by atoms with E-state index in [0.29, 0.717) is 0 Å². The van der Waals surface area contributed by atoms with E-state index in [0.717, 1.165) is 0 Å². The van der Waals surface area contributed by atoms with Crippen LogP contribution >= 0.6 is 47.8 Å². The Kier molecular flexibility index (Phi) is 5.75. The van der Waals surface area contributed by atoms with E-state index in [-0.39, 0.29) is 3.74 Å². The molecule has 0 aromatic carbocycles.